The fraction of sp³-hybridized carbons (Fsp3) is 0.182. The summed E-state index contributed by atoms with van der Waals surface area (Å²) >= 11 is 0. The van der Waals surface area contributed by atoms with Gasteiger partial charge < -0.3 is 20.7 Å². The smallest absolute Gasteiger partial charge is 0.337 e. The van der Waals surface area contributed by atoms with E-state index in [1.807, 2.05) is 0 Å². The molecule has 0 atom stereocenters. The van der Waals surface area contributed by atoms with Gasteiger partial charge in [-0.1, -0.05) is 0 Å². The molecule has 0 bridgehead atoms. The molecule has 1 aromatic rings. The zero-order valence-corrected chi connectivity index (χ0v) is 9.43. The lowest BCUT2D eigenvalue weighted by Crippen LogP contribution is -2.05. The van der Waals surface area contributed by atoms with E-state index in [-0.39, 0.29) is 22.6 Å². The van der Waals surface area contributed by atoms with E-state index in [1.54, 1.807) is 0 Å². The van der Waals surface area contributed by atoms with Gasteiger partial charge in [0, 0.05) is 5.69 Å². The van der Waals surface area contributed by atoms with E-state index < -0.39 is 11.9 Å². The van der Waals surface area contributed by atoms with Crippen LogP contribution in [0.2, 0.25) is 0 Å². The predicted octanol–water partition coefficient (Wildman–Crippen LogP) is 1.26. The summed E-state index contributed by atoms with van der Waals surface area (Å²) in [6, 6.07) is 3.48. The normalized spacial score (nSPS) is 8.82. The Morgan fingerprint density at radius 1 is 1.06 bits per heavy atom. The Morgan fingerprint density at radius 3 is 1.82 bits per heavy atom. The summed E-state index contributed by atoms with van der Waals surface area (Å²) in [5.41, 5.74) is 5.15. The Balaban J connectivity index is 0.000000557. The minimum absolute atomic E-state index is 0.0255. The Hall–Kier alpha value is -2.37. The van der Waals surface area contributed by atoms with Crippen LogP contribution in [0.15, 0.2) is 18.2 Å². The molecule has 0 aliphatic rings. The van der Waals surface area contributed by atoms with Gasteiger partial charge in [0.1, 0.15) is 5.78 Å². The van der Waals surface area contributed by atoms with Gasteiger partial charge in [-0.2, -0.15) is 0 Å². The Kier molecular flexibility index (Phi) is 5.39. The lowest BCUT2D eigenvalue weighted by atomic mass is 10.1. The molecule has 0 spiro atoms. The van der Waals surface area contributed by atoms with Gasteiger partial charge in [0.25, 0.3) is 0 Å². The van der Waals surface area contributed by atoms with E-state index in [4.69, 9.17) is 15.9 Å². The van der Waals surface area contributed by atoms with E-state index in [9.17, 15) is 14.4 Å². The van der Waals surface area contributed by atoms with Crippen molar-refractivity contribution in [3.63, 3.8) is 0 Å². The number of aromatic carboxylic acids is 2. The van der Waals surface area contributed by atoms with E-state index in [0.717, 1.165) is 6.07 Å². The SMILES string of the molecule is CC(C)=O.Nc1cc(C(=O)O)ccc1C(=O)O. The third-order valence-electron chi connectivity index (χ3n) is 1.53. The molecule has 0 aliphatic carbocycles. The predicted molar refractivity (Wildman–Crippen MR) is 61.1 cm³/mol. The first-order valence-electron chi connectivity index (χ1n) is 4.59. The molecule has 1 aromatic carbocycles. The number of Topliss-reactive ketones (excluding diaryl/α,β-unsaturated/α-hetero) is 1. The first kappa shape index (κ1) is 14.6. The molecule has 0 amide bonds. The quantitative estimate of drug-likeness (QED) is 0.668. The Morgan fingerprint density at radius 2 is 1.53 bits per heavy atom. The number of carboxylic acids is 2. The van der Waals surface area contributed by atoms with Crippen molar-refractivity contribution in [3.05, 3.63) is 29.3 Å². The molecule has 1 rings (SSSR count). The minimum Gasteiger partial charge on any atom is -0.478 e. The van der Waals surface area contributed by atoms with Crippen LogP contribution in [0.4, 0.5) is 5.69 Å². The van der Waals surface area contributed by atoms with Gasteiger partial charge in [-0.25, -0.2) is 9.59 Å². The van der Waals surface area contributed by atoms with Crippen LogP contribution in [0.5, 0.6) is 0 Å². The molecule has 92 valence electrons. The molecule has 0 radical (unpaired) electrons. The van der Waals surface area contributed by atoms with Crippen LogP contribution in [0.3, 0.4) is 0 Å². The second-order valence-electron chi connectivity index (χ2n) is 3.32. The third-order valence-corrected chi connectivity index (χ3v) is 1.53. The van der Waals surface area contributed by atoms with Crippen LogP contribution in [-0.2, 0) is 4.79 Å². The van der Waals surface area contributed by atoms with Crippen molar-refractivity contribution in [2.75, 3.05) is 5.73 Å². The van der Waals surface area contributed by atoms with E-state index >= 15 is 0 Å². The maximum Gasteiger partial charge on any atom is 0.337 e. The summed E-state index contributed by atoms with van der Waals surface area (Å²) in [6.45, 7) is 3.06. The maximum absolute atomic E-state index is 10.5. The number of nitrogen functional groups attached to an aromatic ring is 1. The van der Waals surface area contributed by atoms with Gasteiger partial charge in [0.15, 0.2) is 0 Å². The number of anilines is 1. The van der Waals surface area contributed by atoms with Gasteiger partial charge in [-0.3, -0.25) is 0 Å². The summed E-state index contributed by atoms with van der Waals surface area (Å²) in [7, 11) is 0. The van der Waals surface area contributed by atoms with Crippen molar-refractivity contribution in [1.29, 1.82) is 0 Å². The van der Waals surface area contributed by atoms with Crippen LogP contribution >= 0.6 is 0 Å². The first-order valence-corrected chi connectivity index (χ1v) is 4.59. The largest absolute Gasteiger partial charge is 0.478 e. The maximum atomic E-state index is 10.5. The van der Waals surface area contributed by atoms with Crippen molar-refractivity contribution < 1.29 is 24.6 Å². The summed E-state index contributed by atoms with van der Waals surface area (Å²) in [4.78, 5) is 30.4. The molecule has 0 saturated carbocycles. The Labute approximate surface area is 97.7 Å². The molecule has 6 heteroatoms. The highest BCUT2D eigenvalue weighted by Gasteiger charge is 2.10. The molecule has 0 saturated heterocycles. The van der Waals surface area contributed by atoms with Gasteiger partial charge in [0.05, 0.1) is 11.1 Å². The highest BCUT2D eigenvalue weighted by Crippen LogP contribution is 2.13. The zero-order valence-electron chi connectivity index (χ0n) is 9.43. The Bertz CT molecular complexity index is 449. The highest BCUT2D eigenvalue weighted by molar-refractivity contribution is 5.96. The second kappa shape index (κ2) is 6.26. The molecule has 0 fully saturated rings. The number of hydrogen-bond acceptors (Lipinski definition) is 4. The number of hydrogen-bond donors (Lipinski definition) is 3. The van der Waals surface area contributed by atoms with E-state index in [1.165, 1.54) is 26.0 Å². The van der Waals surface area contributed by atoms with Crippen LogP contribution in [-0.4, -0.2) is 27.9 Å². The molecule has 17 heavy (non-hydrogen) atoms. The van der Waals surface area contributed by atoms with Crippen LogP contribution < -0.4 is 5.73 Å². The molecular formula is C11H13NO5. The van der Waals surface area contributed by atoms with E-state index in [2.05, 4.69) is 0 Å². The average Bonchev–Trinajstić information content (AvgIpc) is 2.15. The highest BCUT2D eigenvalue weighted by atomic mass is 16.4. The van der Waals surface area contributed by atoms with Gasteiger partial charge in [-0.15, -0.1) is 0 Å². The van der Waals surface area contributed by atoms with Crippen molar-refractivity contribution in [3.8, 4) is 0 Å². The fourth-order valence-corrected chi connectivity index (χ4v) is 0.891. The first-order chi connectivity index (χ1) is 7.75. The number of carboxylic acid groups (broad SMARTS) is 2. The van der Waals surface area contributed by atoms with Crippen molar-refractivity contribution in [2.45, 2.75) is 13.8 Å². The van der Waals surface area contributed by atoms with Crippen LogP contribution in [0.1, 0.15) is 34.6 Å². The number of carbonyl (C=O) groups excluding carboxylic acids is 1. The monoisotopic (exact) mass is 239 g/mol. The molecule has 0 aromatic heterocycles. The van der Waals surface area contributed by atoms with Crippen LogP contribution in [0, 0.1) is 0 Å². The molecular weight excluding hydrogens is 226 g/mol. The second-order valence-corrected chi connectivity index (χ2v) is 3.32. The fourth-order valence-electron chi connectivity index (χ4n) is 0.891. The van der Waals surface area contributed by atoms with Crippen molar-refractivity contribution >= 4 is 23.4 Å². The number of rotatable bonds is 2. The average molecular weight is 239 g/mol. The standard InChI is InChI=1S/C8H7NO4.C3H6O/c9-6-3-4(7(10)11)1-2-5(6)8(12)13;1-3(2)4/h1-3H,9H2,(H,10,11)(H,12,13);1-2H3. The molecule has 4 N–H and O–H groups in total. The van der Waals surface area contributed by atoms with Crippen LogP contribution in [0.25, 0.3) is 0 Å². The van der Waals surface area contributed by atoms with Gasteiger partial charge in [0.2, 0.25) is 0 Å². The third kappa shape index (κ3) is 5.31. The number of benzene rings is 1. The molecule has 0 unspecified atom stereocenters. The van der Waals surface area contributed by atoms with Gasteiger partial charge in [-0.05, 0) is 32.0 Å². The lowest BCUT2D eigenvalue weighted by Gasteiger charge is -2.00. The minimum atomic E-state index is -1.17. The summed E-state index contributed by atoms with van der Waals surface area (Å²) in [5.74, 6) is -2.14. The van der Waals surface area contributed by atoms with Crippen molar-refractivity contribution in [1.82, 2.24) is 0 Å². The molecule has 0 heterocycles. The number of nitrogens with two attached hydrogens (primary N) is 1. The van der Waals surface area contributed by atoms with Gasteiger partial charge >= 0.3 is 11.9 Å². The summed E-state index contributed by atoms with van der Waals surface area (Å²) in [5, 5.41) is 17.1. The topological polar surface area (TPSA) is 118 Å². The number of ketones is 1. The molecule has 0 aliphatic heterocycles. The van der Waals surface area contributed by atoms with Crippen molar-refractivity contribution in [2.24, 2.45) is 0 Å². The zero-order chi connectivity index (χ0) is 13.6. The summed E-state index contributed by atoms with van der Waals surface area (Å²) < 4.78 is 0. The lowest BCUT2D eigenvalue weighted by molar-refractivity contribution is -0.115. The number of carbonyl (C=O) groups is 3. The summed E-state index contributed by atoms with van der Waals surface area (Å²) in [6.07, 6.45) is 0. The molecule has 6 nitrogen and oxygen atoms in total. The van der Waals surface area contributed by atoms with E-state index in [0.29, 0.717) is 0 Å².